The van der Waals surface area contributed by atoms with E-state index in [4.69, 9.17) is 16.7 Å². The van der Waals surface area contributed by atoms with Crippen molar-refractivity contribution >= 4 is 35.1 Å². The lowest BCUT2D eigenvalue weighted by Gasteiger charge is -2.28. The summed E-state index contributed by atoms with van der Waals surface area (Å²) in [6, 6.07) is 17.0. The summed E-state index contributed by atoms with van der Waals surface area (Å²) >= 11 is 5.98. The molecular formula is C25H24ClN3O. The first kappa shape index (κ1) is 20.3. The van der Waals surface area contributed by atoms with Gasteiger partial charge in [0.15, 0.2) is 5.84 Å². The second-order valence-electron chi connectivity index (χ2n) is 8.50. The van der Waals surface area contributed by atoms with Gasteiger partial charge >= 0.3 is 0 Å². The Morgan fingerprint density at radius 2 is 1.80 bits per heavy atom. The fraction of sp³-hybridized carbons (Fsp3) is 0.240. The van der Waals surface area contributed by atoms with Crippen molar-refractivity contribution in [2.24, 2.45) is 15.5 Å². The van der Waals surface area contributed by atoms with Crippen LogP contribution in [0.2, 0.25) is 5.02 Å². The lowest BCUT2D eigenvalue weighted by molar-refractivity contribution is -0.122. The van der Waals surface area contributed by atoms with Crippen LogP contribution in [0.25, 0.3) is 6.08 Å². The Bertz CT molecular complexity index is 1090. The van der Waals surface area contributed by atoms with Gasteiger partial charge in [-0.3, -0.25) is 4.79 Å². The van der Waals surface area contributed by atoms with Crippen LogP contribution >= 0.6 is 11.6 Å². The molecule has 0 aromatic heterocycles. The zero-order valence-electron chi connectivity index (χ0n) is 17.4. The van der Waals surface area contributed by atoms with Crippen LogP contribution in [0.1, 0.15) is 44.7 Å². The molecule has 0 atom stereocenters. The van der Waals surface area contributed by atoms with Crippen LogP contribution in [0.5, 0.6) is 0 Å². The first-order valence-corrected chi connectivity index (χ1v) is 10.4. The number of aliphatic imine (C=N–C) groups is 1. The average molecular weight is 418 g/mol. The fourth-order valence-corrected chi connectivity index (χ4v) is 4.11. The molecule has 5 heteroatoms. The molecule has 0 N–H and O–H groups in total. The molecule has 2 aromatic rings. The fourth-order valence-electron chi connectivity index (χ4n) is 3.98. The highest BCUT2D eigenvalue weighted by Crippen LogP contribution is 2.32. The van der Waals surface area contributed by atoms with Gasteiger partial charge in [0.05, 0.1) is 0 Å². The van der Waals surface area contributed by atoms with Gasteiger partial charge in [-0.25, -0.2) is 4.99 Å². The van der Waals surface area contributed by atoms with E-state index in [-0.39, 0.29) is 11.3 Å². The van der Waals surface area contributed by atoms with Crippen molar-refractivity contribution in [3.8, 4) is 0 Å². The number of amidine groups is 1. The van der Waals surface area contributed by atoms with Gasteiger partial charge in [0.25, 0.3) is 5.91 Å². The minimum absolute atomic E-state index is 0.0238. The van der Waals surface area contributed by atoms with Crippen LogP contribution in [-0.4, -0.2) is 22.5 Å². The summed E-state index contributed by atoms with van der Waals surface area (Å²) in [4.78, 5) is 17.9. The maximum atomic E-state index is 13.3. The predicted octanol–water partition coefficient (Wildman–Crippen LogP) is 6.09. The van der Waals surface area contributed by atoms with E-state index in [1.807, 2.05) is 42.5 Å². The third-order valence-corrected chi connectivity index (χ3v) is 5.32. The van der Waals surface area contributed by atoms with E-state index in [9.17, 15) is 4.79 Å². The molecule has 1 aliphatic heterocycles. The van der Waals surface area contributed by atoms with Gasteiger partial charge in [0, 0.05) is 22.7 Å². The number of nitrogens with zero attached hydrogens (tertiary/aromatic N) is 3. The van der Waals surface area contributed by atoms with Crippen LogP contribution in [0.15, 0.2) is 82.0 Å². The molecular weight excluding hydrogens is 394 g/mol. The first-order chi connectivity index (χ1) is 14.3. The van der Waals surface area contributed by atoms with Crippen molar-refractivity contribution < 1.29 is 4.79 Å². The summed E-state index contributed by atoms with van der Waals surface area (Å²) in [6.07, 6.45) is 5.64. The second kappa shape index (κ2) is 8.04. The molecule has 0 unspecified atom stereocenters. The number of hydrogen-bond donors (Lipinski definition) is 0. The van der Waals surface area contributed by atoms with E-state index < -0.39 is 0 Å². The SMILES string of the molecule is CC1=CC(C)(C)CC(=NN2C(=O)C(=Cc3ccc(Cl)cc3)N=C2c2ccccc2)C1. The highest BCUT2D eigenvalue weighted by molar-refractivity contribution is 6.30. The zero-order valence-corrected chi connectivity index (χ0v) is 18.1. The van der Waals surface area contributed by atoms with E-state index in [0.717, 1.165) is 29.7 Å². The topological polar surface area (TPSA) is 45.0 Å². The molecule has 0 saturated heterocycles. The first-order valence-electron chi connectivity index (χ1n) is 10.0. The maximum absolute atomic E-state index is 13.3. The lowest BCUT2D eigenvalue weighted by Crippen LogP contribution is -2.31. The smallest absolute Gasteiger partial charge is 0.265 e. The van der Waals surface area contributed by atoms with Gasteiger partial charge in [-0.1, -0.05) is 79.6 Å². The molecule has 152 valence electrons. The number of allylic oxidation sites excluding steroid dienone is 2. The molecule has 1 aliphatic carbocycles. The molecule has 2 aliphatic rings. The molecule has 4 rings (SSSR count). The highest BCUT2D eigenvalue weighted by atomic mass is 35.5. The van der Waals surface area contributed by atoms with Crippen molar-refractivity contribution in [3.05, 3.63) is 88.1 Å². The third kappa shape index (κ3) is 4.44. The molecule has 0 radical (unpaired) electrons. The summed E-state index contributed by atoms with van der Waals surface area (Å²) in [5.74, 6) is 0.333. The minimum Gasteiger partial charge on any atom is -0.265 e. The second-order valence-corrected chi connectivity index (χ2v) is 8.94. The van der Waals surface area contributed by atoms with Gasteiger partial charge in [0.1, 0.15) is 5.70 Å². The third-order valence-electron chi connectivity index (χ3n) is 5.06. The molecule has 0 saturated carbocycles. The highest BCUT2D eigenvalue weighted by Gasteiger charge is 2.33. The number of hydrazone groups is 1. The normalized spacial score (nSPS) is 21.2. The van der Waals surface area contributed by atoms with Crippen LogP contribution in [0.3, 0.4) is 0 Å². The monoisotopic (exact) mass is 417 g/mol. The van der Waals surface area contributed by atoms with E-state index in [0.29, 0.717) is 16.6 Å². The Balaban J connectivity index is 1.74. The van der Waals surface area contributed by atoms with Gasteiger partial charge < -0.3 is 0 Å². The summed E-state index contributed by atoms with van der Waals surface area (Å²) in [5, 5.41) is 6.90. The maximum Gasteiger partial charge on any atom is 0.298 e. The van der Waals surface area contributed by atoms with Gasteiger partial charge in [-0.05, 0) is 42.5 Å². The van der Waals surface area contributed by atoms with Crippen LogP contribution in [0.4, 0.5) is 0 Å². The number of halogens is 1. The molecule has 1 heterocycles. The molecule has 0 fully saturated rings. The van der Waals surface area contributed by atoms with Crippen molar-refractivity contribution in [1.29, 1.82) is 0 Å². The van der Waals surface area contributed by atoms with Gasteiger partial charge in [-0.2, -0.15) is 10.1 Å². The number of rotatable bonds is 3. The number of benzene rings is 2. The van der Waals surface area contributed by atoms with Crippen molar-refractivity contribution in [2.45, 2.75) is 33.6 Å². The number of hydrogen-bond acceptors (Lipinski definition) is 3. The Morgan fingerprint density at radius 1 is 1.10 bits per heavy atom. The standard InChI is InChI=1S/C25H24ClN3O/c1-17-13-21(16-25(2,3)15-17)28-29-23(19-7-5-4-6-8-19)27-22(24(29)30)14-18-9-11-20(26)12-10-18/h4-12,14-15H,13,16H2,1-3H3. The molecule has 1 amide bonds. The Labute approximate surface area is 182 Å². The number of carbonyl (C=O) groups excluding carboxylic acids is 1. The molecule has 0 spiro atoms. The van der Waals surface area contributed by atoms with Crippen LogP contribution in [-0.2, 0) is 4.79 Å². The van der Waals surface area contributed by atoms with Crippen LogP contribution in [0, 0.1) is 5.41 Å². The Kier molecular flexibility index (Phi) is 5.44. The molecule has 0 bridgehead atoms. The Hall–Kier alpha value is -2.98. The van der Waals surface area contributed by atoms with Crippen molar-refractivity contribution in [1.82, 2.24) is 5.01 Å². The predicted molar refractivity (Wildman–Crippen MR) is 123 cm³/mol. The number of carbonyl (C=O) groups is 1. The van der Waals surface area contributed by atoms with Gasteiger partial charge in [-0.15, -0.1) is 0 Å². The number of amides is 1. The van der Waals surface area contributed by atoms with E-state index in [1.54, 1.807) is 18.2 Å². The van der Waals surface area contributed by atoms with E-state index >= 15 is 0 Å². The molecule has 30 heavy (non-hydrogen) atoms. The molecule has 4 nitrogen and oxygen atoms in total. The summed E-state index contributed by atoms with van der Waals surface area (Å²) in [7, 11) is 0. The zero-order chi connectivity index (χ0) is 21.3. The van der Waals surface area contributed by atoms with E-state index in [1.165, 1.54) is 10.6 Å². The van der Waals surface area contributed by atoms with Crippen molar-refractivity contribution in [2.75, 3.05) is 0 Å². The Morgan fingerprint density at radius 3 is 2.47 bits per heavy atom. The molecule has 2 aromatic carbocycles. The van der Waals surface area contributed by atoms with Crippen molar-refractivity contribution in [3.63, 3.8) is 0 Å². The average Bonchev–Trinajstić information content (AvgIpc) is 2.98. The lowest BCUT2D eigenvalue weighted by atomic mass is 9.79. The summed E-state index contributed by atoms with van der Waals surface area (Å²) in [6.45, 7) is 6.49. The van der Waals surface area contributed by atoms with Gasteiger partial charge in [0.2, 0.25) is 0 Å². The minimum atomic E-state index is -0.221. The van der Waals surface area contributed by atoms with Crippen LogP contribution < -0.4 is 0 Å². The summed E-state index contributed by atoms with van der Waals surface area (Å²) < 4.78 is 0. The summed E-state index contributed by atoms with van der Waals surface area (Å²) in [5.41, 5.74) is 4.37. The van der Waals surface area contributed by atoms with E-state index in [2.05, 4.69) is 31.8 Å². The largest absolute Gasteiger partial charge is 0.298 e. The quantitative estimate of drug-likeness (QED) is 0.440.